The molecule has 4 rings (SSSR count). The highest BCUT2D eigenvalue weighted by molar-refractivity contribution is 5.79. The molecule has 0 saturated heterocycles. The summed E-state index contributed by atoms with van der Waals surface area (Å²) in [5, 5.41) is 0. The van der Waals surface area contributed by atoms with E-state index in [2.05, 4.69) is 12.1 Å². The van der Waals surface area contributed by atoms with E-state index < -0.39 is 0 Å². The number of rotatable bonds is 13. The molecule has 0 saturated carbocycles. The van der Waals surface area contributed by atoms with E-state index in [1.54, 1.807) is 9.80 Å². The smallest absolute Gasteiger partial charge is 0.260 e. The summed E-state index contributed by atoms with van der Waals surface area (Å²) in [7, 11) is 0. The Morgan fingerprint density at radius 3 is 1.19 bits per heavy atom. The van der Waals surface area contributed by atoms with E-state index in [9.17, 15) is 9.59 Å². The summed E-state index contributed by atoms with van der Waals surface area (Å²) in [6.45, 7) is 9.40. The lowest BCUT2D eigenvalue weighted by molar-refractivity contribution is -0.138. The Morgan fingerprint density at radius 2 is 0.857 bits per heavy atom. The van der Waals surface area contributed by atoms with Crippen LogP contribution in [0.2, 0.25) is 0 Å². The summed E-state index contributed by atoms with van der Waals surface area (Å²) in [4.78, 5) is 30.5. The van der Waals surface area contributed by atoms with Gasteiger partial charge in [0.1, 0.15) is 11.5 Å². The summed E-state index contributed by atoms with van der Waals surface area (Å²) >= 11 is 0. The summed E-state index contributed by atoms with van der Waals surface area (Å²) in [5.41, 5.74) is 6.34. The SMILES string of the molecule is Cc1cc(C)cc(OCC(=O)N(CCN(Cc2ccccc2)C(=O)COc2cc(C)cc(C)c2)Cc2ccccc2)c1. The van der Waals surface area contributed by atoms with Gasteiger partial charge in [-0.15, -0.1) is 0 Å². The second-order valence-corrected chi connectivity index (χ2v) is 10.8. The molecule has 0 fully saturated rings. The topological polar surface area (TPSA) is 59.1 Å². The number of hydrogen-bond acceptors (Lipinski definition) is 4. The molecule has 6 nitrogen and oxygen atoms in total. The van der Waals surface area contributed by atoms with Gasteiger partial charge in [0, 0.05) is 26.2 Å². The van der Waals surface area contributed by atoms with Gasteiger partial charge in [-0.2, -0.15) is 0 Å². The van der Waals surface area contributed by atoms with Crippen molar-refractivity contribution in [1.29, 1.82) is 0 Å². The minimum atomic E-state index is -0.142. The van der Waals surface area contributed by atoms with Crippen LogP contribution in [0.15, 0.2) is 97.1 Å². The largest absolute Gasteiger partial charge is 0.484 e. The predicted molar refractivity (Wildman–Crippen MR) is 167 cm³/mol. The van der Waals surface area contributed by atoms with E-state index >= 15 is 0 Å². The number of hydrogen-bond donors (Lipinski definition) is 0. The van der Waals surface area contributed by atoms with Crippen molar-refractivity contribution < 1.29 is 19.1 Å². The second-order valence-electron chi connectivity index (χ2n) is 10.8. The van der Waals surface area contributed by atoms with Gasteiger partial charge in [-0.3, -0.25) is 9.59 Å². The maximum atomic E-state index is 13.5. The molecule has 0 aliphatic rings. The Balaban J connectivity index is 1.47. The van der Waals surface area contributed by atoms with Crippen molar-refractivity contribution in [3.8, 4) is 11.5 Å². The predicted octanol–water partition coefficient (Wildman–Crippen LogP) is 6.44. The standard InChI is InChI=1S/C36H40N2O4/c1-27-17-28(2)20-33(19-27)41-25-35(39)37(23-31-11-7-5-8-12-31)15-16-38(24-32-13-9-6-10-14-32)36(40)26-42-34-21-29(3)18-30(4)22-34/h5-14,17-22H,15-16,23-26H2,1-4H3. The van der Waals surface area contributed by atoms with Gasteiger partial charge in [-0.25, -0.2) is 0 Å². The Kier molecular flexibility index (Phi) is 10.8. The first-order chi connectivity index (χ1) is 20.2. The lowest BCUT2D eigenvalue weighted by atomic mass is 10.1. The van der Waals surface area contributed by atoms with E-state index in [1.165, 1.54) is 0 Å². The molecule has 42 heavy (non-hydrogen) atoms. The zero-order chi connectivity index (χ0) is 29.9. The van der Waals surface area contributed by atoms with Crippen LogP contribution in [0.25, 0.3) is 0 Å². The Bertz CT molecular complexity index is 1320. The molecule has 0 unspecified atom stereocenters. The van der Waals surface area contributed by atoms with E-state index in [-0.39, 0.29) is 25.0 Å². The van der Waals surface area contributed by atoms with Crippen molar-refractivity contribution in [3.05, 3.63) is 130 Å². The van der Waals surface area contributed by atoms with E-state index in [4.69, 9.17) is 9.47 Å². The molecule has 0 bridgehead atoms. The van der Waals surface area contributed by atoms with Gasteiger partial charge in [0.15, 0.2) is 13.2 Å². The van der Waals surface area contributed by atoms with Crippen molar-refractivity contribution in [3.63, 3.8) is 0 Å². The molecular formula is C36H40N2O4. The second kappa shape index (κ2) is 14.9. The molecule has 0 aliphatic heterocycles. The van der Waals surface area contributed by atoms with Gasteiger partial charge in [0.05, 0.1) is 0 Å². The average molecular weight is 565 g/mol. The zero-order valence-electron chi connectivity index (χ0n) is 25.0. The van der Waals surface area contributed by atoms with Crippen molar-refractivity contribution >= 4 is 11.8 Å². The third-order valence-corrected chi connectivity index (χ3v) is 6.89. The monoisotopic (exact) mass is 564 g/mol. The number of aryl methyl sites for hydroxylation is 4. The van der Waals surface area contributed by atoms with Gasteiger partial charge >= 0.3 is 0 Å². The molecule has 218 valence electrons. The molecule has 4 aromatic carbocycles. The van der Waals surface area contributed by atoms with Crippen LogP contribution in [-0.2, 0) is 22.7 Å². The Hall–Kier alpha value is -4.58. The third kappa shape index (κ3) is 9.51. The van der Waals surface area contributed by atoms with Gasteiger partial charge < -0.3 is 19.3 Å². The van der Waals surface area contributed by atoms with Crippen molar-refractivity contribution in [2.75, 3.05) is 26.3 Å². The van der Waals surface area contributed by atoms with Crippen LogP contribution in [0, 0.1) is 27.7 Å². The quantitative estimate of drug-likeness (QED) is 0.188. The van der Waals surface area contributed by atoms with E-state index in [0.717, 1.165) is 33.4 Å². The number of carbonyl (C=O) groups excluding carboxylic acids is 2. The first-order valence-corrected chi connectivity index (χ1v) is 14.3. The minimum Gasteiger partial charge on any atom is -0.484 e. The normalized spacial score (nSPS) is 10.7. The van der Waals surface area contributed by atoms with Crippen LogP contribution in [0.3, 0.4) is 0 Å². The van der Waals surface area contributed by atoms with Crippen LogP contribution in [0.4, 0.5) is 0 Å². The number of nitrogens with zero attached hydrogens (tertiary/aromatic N) is 2. The maximum Gasteiger partial charge on any atom is 0.260 e. The van der Waals surface area contributed by atoms with E-state index in [1.807, 2.05) is 113 Å². The number of ether oxygens (including phenoxy) is 2. The van der Waals surface area contributed by atoms with Crippen LogP contribution < -0.4 is 9.47 Å². The number of amides is 2. The molecule has 0 radical (unpaired) electrons. The molecule has 0 N–H and O–H groups in total. The van der Waals surface area contributed by atoms with Crippen molar-refractivity contribution in [1.82, 2.24) is 9.80 Å². The van der Waals surface area contributed by atoms with Crippen molar-refractivity contribution in [2.24, 2.45) is 0 Å². The van der Waals surface area contributed by atoms with Crippen molar-refractivity contribution in [2.45, 2.75) is 40.8 Å². The van der Waals surface area contributed by atoms with Gasteiger partial charge in [-0.05, 0) is 85.3 Å². The molecule has 0 aliphatic carbocycles. The molecule has 0 heterocycles. The molecule has 6 heteroatoms. The fourth-order valence-corrected chi connectivity index (χ4v) is 4.94. The summed E-state index contributed by atoms with van der Waals surface area (Å²) < 4.78 is 11.8. The zero-order valence-corrected chi connectivity index (χ0v) is 25.0. The van der Waals surface area contributed by atoms with Crippen LogP contribution >= 0.6 is 0 Å². The van der Waals surface area contributed by atoms with Gasteiger partial charge in [-0.1, -0.05) is 72.8 Å². The van der Waals surface area contributed by atoms with Gasteiger partial charge in [0.25, 0.3) is 11.8 Å². The maximum absolute atomic E-state index is 13.5. The van der Waals surface area contributed by atoms with Crippen LogP contribution in [0.1, 0.15) is 33.4 Å². The highest BCUT2D eigenvalue weighted by Crippen LogP contribution is 2.18. The average Bonchev–Trinajstić information content (AvgIpc) is 2.96. The number of benzene rings is 4. The molecule has 4 aromatic rings. The first kappa shape index (κ1) is 30.4. The molecular weight excluding hydrogens is 524 g/mol. The molecule has 0 atom stereocenters. The summed E-state index contributed by atoms with van der Waals surface area (Å²) in [5.74, 6) is 1.06. The summed E-state index contributed by atoms with van der Waals surface area (Å²) in [6.07, 6.45) is 0. The van der Waals surface area contributed by atoms with Crippen LogP contribution in [0.5, 0.6) is 11.5 Å². The molecule has 0 spiro atoms. The highest BCUT2D eigenvalue weighted by atomic mass is 16.5. The third-order valence-electron chi connectivity index (χ3n) is 6.89. The lowest BCUT2D eigenvalue weighted by Gasteiger charge is -2.28. The van der Waals surface area contributed by atoms with E-state index in [0.29, 0.717) is 37.7 Å². The lowest BCUT2D eigenvalue weighted by Crippen LogP contribution is -2.43. The Morgan fingerprint density at radius 1 is 0.524 bits per heavy atom. The fraction of sp³-hybridized carbons (Fsp3) is 0.278. The number of carbonyl (C=O) groups is 2. The summed E-state index contributed by atoms with van der Waals surface area (Å²) in [6, 6.07) is 31.6. The first-order valence-electron chi connectivity index (χ1n) is 14.3. The van der Waals surface area contributed by atoms with Crippen LogP contribution in [-0.4, -0.2) is 47.9 Å². The van der Waals surface area contributed by atoms with Gasteiger partial charge in [0.2, 0.25) is 0 Å². The fourth-order valence-electron chi connectivity index (χ4n) is 4.94. The highest BCUT2D eigenvalue weighted by Gasteiger charge is 2.20. The molecule has 0 aromatic heterocycles. The minimum absolute atomic E-state index is 0.0851. The molecule has 2 amide bonds. The Labute approximate surface area is 249 Å².